The number of aromatic nitrogens is 3. The molecule has 3 aromatic carbocycles. The van der Waals surface area contributed by atoms with E-state index in [4.69, 9.17) is 0 Å². The summed E-state index contributed by atoms with van der Waals surface area (Å²) in [4.78, 5) is 37.1. The minimum Gasteiger partial charge on any atom is -0.331 e. The molecule has 0 aliphatic carbocycles. The normalized spacial score (nSPS) is 11.0. The molecule has 0 bridgehead atoms. The second-order valence-electron chi connectivity index (χ2n) is 7.38. The molecule has 5 rings (SSSR count). The molecule has 5 aromatic rings. The molecule has 0 fully saturated rings. The molecule has 7 nitrogen and oxygen atoms in total. The Morgan fingerprint density at radius 3 is 2.19 bits per heavy atom. The van der Waals surface area contributed by atoms with Crippen molar-refractivity contribution in [2.75, 3.05) is 5.32 Å². The van der Waals surface area contributed by atoms with E-state index in [2.05, 4.69) is 15.5 Å². The molecule has 2 heterocycles. The van der Waals surface area contributed by atoms with Crippen molar-refractivity contribution in [2.45, 2.75) is 6.54 Å². The van der Waals surface area contributed by atoms with Crippen molar-refractivity contribution >= 4 is 33.4 Å². The van der Waals surface area contributed by atoms with Gasteiger partial charge in [-0.15, -0.1) is 0 Å². The Morgan fingerprint density at radius 2 is 1.53 bits per heavy atom. The van der Waals surface area contributed by atoms with Gasteiger partial charge in [-0.05, 0) is 42.5 Å². The molecule has 0 aliphatic heterocycles. The molecule has 0 radical (unpaired) electrons. The fraction of sp³-hybridized carbons (Fsp3) is 0.0400. The summed E-state index contributed by atoms with van der Waals surface area (Å²) in [6, 6.07) is 24.8. The number of aromatic amines is 1. The van der Waals surface area contributed by atoms with Crippen LogP contribution < -0.4 is 16.3 Å². The third kappa shape index (κ3) is 3.56. The van der Waals surface area contributed by atoms with Gasteiger partial charge in [-0.25, -0.2) is 5.10 Å². The van der Waals surface area contributed by atoms with Crippen LogP contribution in [-0.4, -0.2) is 20.7 Å². The number of carbonyl (C=O) groups excluding carboxylic acids is 1. The van der Waals surface area contributed by atoms with Crippen LogP contribution in [0.4, 0.5) is 5.69 Å². The summed E-state index contributed by atoms with van der Waals surface area (Å²) >= 11 is 0. The number of para-hydroxylation sites is 2. The van der Waals surface area contributed by atoms with E-state index in [-0.39, 0.29) is 23.4 Å². The second-order valence-corrected chi connectivity index (χ2v) is 7.38. The van der Waals surface area contributed by atoms with E-state index >= 15 is 0 Å². The van der Waals surface area contributed by atoms with E-state index in [1.165, 1.54) is 6.07 Å². The van der Waals surface area contributed by atoms with Gasteiger partial charge >= 0.3 is 0 Å². The predicted octanol–water partition coefficient (Wildman–Crippen LogP) is 3.54. The van der Waals surface area contributed by atoms with Crippen molar-refractivity contribution in [1.82, 2.24) is 14.8 Å². The van der Waals surface area contributed by atoms with Gasteiger partial charge in [0.2, 0.25) is 5.91 Å². The third-order valence-corrected chi connectivity index (χ3v) is 5.30. The van der Waals surface area contributed by atoms with Crippen LogP contribution in [0, 0.1) is 0 Å². The molecule has 2 aromatic heterocycles. The van der Waals surface area contributed by atoms with Gasteiger partial charge in [0, 0.05) is 28.1 Å². The standard InChI is InChI=1S/C25H18N4O3/c30-23-13-12-20(27-28-23)16-6-5-7-17(14-16)26-24(31)15-29-21-10-3-1-8-18(21)25(32)19-9-2-4-11-22(19)29/h1-14H,15H2,(H,26,31)(H,28,30). The highest BCUT2D eigenvalue weighted by atomic mass is 16.2. The minimum absolute atomic E-state index is 0.0441. The molecule has 0 spiro atoms. The molecule has 2 N–H and O–H groups in total. The van der Waals surface area contributed by atoms with E-state index in [0.29, 0.717) is 33.2 Å². The lowest BCUT2D eigenvalue weighted by Gasteiger charge is -2.15. The monoisotopic (exact) mass is 422 g/mol. The third-order valence-electron chi connectivity index (χ3n) is 5.30. The minimum atomic E-state index is -0.279. The number of rotatable bonds is 4. The first-order valence-corrected chi connectivity index (χ1v) is 10.1. The van der Waals surface area contributed by atoms with E-state index in [1.54, 1.807) is 30.3 Å². The summed E-state index contributed by atoms with van der Waals surface area (Å²) in [5.74, 6) is -0.226. The van der Waals surface area contributed by atoms with Crippen molar-refractivity contribution in [2.24, 2.45) is 0 Å². The van der Waals surface area contributed by atoms with E-state index in [0.717, 1.165) is 5.56 Å². The summed E-state index contributed by atoms with van der Waals surface area (Å²) < 4.78 is 1.86. The summed E-state index contributed by atoms with van der Waals surface area (Å²) in [7, 11) is 0. The van der Waals surface area contributed by atoms with Gasteiger partial charge in [-0.3, -0.25) is 14.4 Å². The Labute approximate surface area is 182 Å². The van der Waals surface area contributed by atoms with E-state index in [1.807, 2.05) is 53.1 Å². The number of carbonyl (C=O) groups is 1. The maximum absolute atomic E-state index is 13.0. The Bertz CT molecular complexity index is 1520. The van der Waals surface area contributed by atoms with Gasteiger partial charge in [0.1, 0.15) is 6.54 Å². The van der Waals surface area contributed by atoms with Crippen molar-refractivity contribution < 1.29 is 4.79 Å². The Morgan fingerprint density at radius 1 is 0.844 bits per heavy atom. The average molecular weight is 422 g/mol. The van der Waals surface area contributed by atoms with Crippen LogP contribution in [-0.2, 0) is 11.3 Å². The number of benzene rings is 3. The zero-order chi connectivity index (χ0) is 22.1. The van der Waals surface area contributed by atoms with Crippen molar-refractivity contribution in [1.29, 1.82) is 0 Å². The van der Waals surface area contributed by atoms with Gasteiger partial charge in [0.05, 0.1) is 16.7 Å². The summed E-state index contributed by atoms with van der Waals surface area (Å²) in [6.45, 7) is 0.0441. The van der Waals surface area contributed by atoms with E-state index in [9.17, 15) is 14.4 Å². The second kappa shape index (κ2) is 7.96. The smallest absolute Gasteiger partial charge is 0.264 e. The number of hydrogen-bond acceptors (Lipinski definition) is 4. The average Bonchev–Trinajstić information content (AvgIpc) is 2.82. The van der Waals surface area contributed by atoms with Crippen LogP contribution in [0.2, 0.25) is 0 Å². The number of amides is 1. The zero-order valence-corrected chi connectivity index (χ0v) is 16.9. The predicted molar refractivity (Wildman–Crippen MR) is 125 cm³/mol. The molecule has 0 aliphatic rings. The molecule has 0 saturated heterocycles. The van der Waals surface area contributed by atoms with Crippen LogP contribution >= 0.6 is 0 Å². The van der Waals surface area contributed by atoms with Crippen LogP contribution in [0.5, 0.6) is 0 Å². The molecule has 0 atom stereocenters. The molecule has 0 saturated carbocycles. The lowest BCUT2D eigenvalue weighted by molar-refractivity contribution is -0.116. The number of nitrogens with one attached hydrogen (secondary N) is 2. The van der Waals surface area contributed by atoms with Crippen molar-refractivity contribution in [3.05, 3.63) is 106 Å². The fourth-order valence-corrected chi connectivity index (χ4v) is 3.85. The molecule has 0 unspecified atom stereocenters. The van der Waals surface area contributed by atoms with Crippen LogP contribution in [0.25, 0.3) is 33.1 Å². The zero-order valence-electron chi connectivity index (χ0n) is 16.9. The van der Waals surface area contributed by atoms with Crippen molar-refractivity contribution in [3.63, 3.8) is 0 Å². The largest absolute Gasteiger partial charge is 0.331 e. The molecule has 1 amide bonds. The number of nitrogens with zero attached hydrogens (tertiary/aromatic N) is 2. The molecule has 7 heteroatoms. The topological polar surface area (TPSA) is 96.9 Å². The Balaban J connectivity index is 1.49. The first-order valence-electron chi connectivity index (χ1n) is 10.1. The van der Waals surface area contributed by atoms with Crippen LogP contribution in [0.1, 0.15) is 0 Å². The summed E-state index contributed by atoms with van der Waals surface area (Å²) in [6.07, 6.45) is 0. The van der Waals surface area contributed by atoms with Crippen LogP contribution in [0.3, 0.4) is 0 Å². The highest BCUT2D eigenvalue weighted by Crippen LogP contribution is 2.21. The maximum Gasteiger partial charge on any atom is 0.264 e. The van der Waals surface area contributed by atoms with Gasteiger partial charge in [0.15, 0.2) is 5.43 Å². The van der Waals surface area contributed by atoms with Gasteiger partial charge < -0.3 is 9.88 Å². The first kappa shape index (κ1) is 19.4. The number of fused-ring (bicyclic) bond motifs is 2. The first-order chi connectivity index (χ1) is 15.6. The maximum atomic E-state index is 13.0. The quantitative estimate of drug-likeness (QED) is 0.433. The Kier molecular flexibility index (Phi) is 4.84. The lowest BCUT2D eigenvalue weighted by Crippen LogP contribution is -2.21. The Hall–Kier alpha value is -4.52. The molecule has 32 heavy (non-hydrogen) atoms. The number of pyridine rings is 1. The van der Waals surface area contributed by atoms with Crippen LogP contribution in [0.15, 0.2) is 94.5 Å². The summed E-state index contributed by atoms with van der Waals surface area (Å²) in [5.41, 5.74) is 3.05. The van der Waals surface area contributed by atoms with E-state index < -0.39 is 0 Å². The number of hydrogen-bond donors (Lipinski definition) is 2. The molecular weight excluding hydrogens is 404 g/mol. The number of H-pyrrole nitrogens is 1. The molecular formula is C25H18N4O3. The molecule has 156 valence electrons. The lowest BCUT2D eigenvalue weighted by atomic mass is 10.1. The van der Waals surface area contributed by atoms with Gasteiger partial charge in [-0.2, -0.15) is 5.10 Å². The summed E-state index contributed by atoms with van der Waals surface area (Å²) in [5, 5.41) is 10.5. The highest BCUT2D eigenvalue weighted by molar-refractivity contribution is 5.97. The van der Waals surface area contributed by atoms with Gasteiger partial charge in [-0.1, -0.05) is 36.4 Å². The number of anilines is 1. The van der Waals surface area contributed by atoms with Crippen molar-refractivity contribution in [3.8, 4) is 11.3 Å². The highest BCUT2D eigenvalue weighted by Gasteiger charge is 2.13. The SMILES string of the molecule is O=C(Cn1c2ccccc2c(=O)c2ccccc21)Nc1cccc(-c2ccc(=O)[nH]n2)c1. The fourth-order valence-electron chi connectivity index (χ4n) is 3.85. The van der Waals surface area contributed by atoms with Gasteiger partial charge in [0.25, 0.3) is 5.56 Å².